The Balaban J connectivity index is 2.04. The molecule has 140 valence electrons. The number of methoxy groups -OCH3 is 2. The third kappa shape index (κ3) is 4.94. The van der Waals surface area contributed by atoms with E-state index in [4.69, 9.17) is 9.47 Å². The van der Waals surface area contributed by atoms with Gasteiger partial charge in [0.15, 0.2) is 0 Å². The van der Waals surface area contributed by atoms with Gasteiger partial charge in [-0.05, 0) is 57.0 Å². The third-order valence-electron chi connectivity index (χ3n) is 4.23. The van der Waals surface area contributed by atoms with Crippen LogP contribution in [0.25, 0.3) is 0 Å². The Morgan fingerprint density at radius 2 is 1.73 bits per heavy atom. The van der Waals surface area contributed by atoms with Crippen LogP contribution in [0.1, 0.15) is 35.2 Å². The van der Waals surface area contributed by atoms with Gasteiger partial charge in [-0.1, -0.05) is 17.7 Å². The minimum Gasteiger partial charge on any atom is -0.497 e. The first kappa shape index (κ1) is 20.2. The van der Waals surface area contributed by atoms with Crippen molar-refractivity contribution in [2.45, 2.75) is 38.6 Å². The second-order valence-corrected chi connectivity index (χ2v) is 7.40. The minimum absolute atomic E-state index is 0.00764. The van der Waals surface area contributed by atoms with Crippen molar-refractivity contribution >= 4 is 17.7 Å². The van der Waals surface area contributed by atoms with Crippen LogP contribution < -0.4 is 14.8 Å². The predicted octanol–water partition coefficient (Wildman–Crippen LogP) is 4.60. The fourth-order valence-electron chi connectivity index (χ4n) is 3.07. The number of amides is 1. The van der Waals surface area contributed by atoms with Gasteiger partial charge in [-0.2, -0.15) is 0 Å². The number of carbonyl (C=O) groups excluding carboxylic acids is 1. The number of benzene rings is 2. The number of nitrogens with one attached hydrogen (secondary N) is 1. The normalized spacial score (nSPS) is 11.8. The van der Waals surface area contributed by atoms with E-state index in [0.717, 1.165) is 17.1 Å². The van der Waals surface area contributed by atoms with Crippen molar-refractivity contribution in [3.8, 4) is 11.5 Å². The van der Waals surface area contributed by atoms with Crippen LogP contribution in [0.2, 0.25) is 0 Å². The zero-order valence-corrected chi connectivity index (χ0v) is 17.1. The molecule has 26 heavy (non-hydrogen) atoms. The Morgan fingerprint density at radius 3 is 2.31 bits per heavy atom. The molecule has 0 heterocycles. The van der Waals surface area contributed by atoms with Crippen LogP contribution in [0.5, 0.6) is 11.5 Å². The van der Waals surface area contributed by atoms with E-state index in [-0.39, 0.29) is 11.9 Å². The van der Waals surface area contributed by atoms with Crippen LogP contribution >= 0.6 is 11.8 Å². The van der Waals surface area contributed by atoms with E-state index < -0.39 is 0 Å². The van der Waals surface area contributed by atoms with Crippen molar-refractivity contribution < 1.29 is 14.3 Å². The Labute approximate surface area is 160 Å². The summed E-state index contributed by atoms with van der Waals surface area (Å²) in [4.78, 5) is 13.6. The van der Waals surface area contributed by atoms with Crippen LogP contribution in [-0.2, 0) is 4.79 Å². The third-order valence-corrected chi connectivity index (χ3v) is 5.57. The number of hydrogen-bond acceptors (Lipinski definition) is 4. The van der Waals surface area contributed by atoms with E-state index in [1.54, 1.807) is 26.0 Å². The summed E-state index contributed by atoms with van der Waals surface area (Å²) < 4.78 is 10.7. The molecule has 1 atom stereocenters. The Kier molecular flexibility index (Phi) is 6.98. The van der Waals surface area contributed by atoms with Crippen LogP contribution in [-0.4, -0.2) is 25.9 Å². The Bertz CT molecular complexity index is 766. The summed E-state index contributed by atoms with van der Waals surface area (Å²) >= 11 is 1.58. The summed E-state index contributed by atoms with van der Waals surface area (Å²) in [5.74, 6) is 1.84. The van der Waals surface area contributed by atoms with Gasteiger partial charge in [0.25, 0.3) is 0 Å². The molecular formula is C21H27NO3S. The van der Waals surface area contributed by atoms with Crippen LogP contribution in [0.4, 0.5) is 0 Å². The lowest BCUT2D eigenvalue weighted by atomic mass is 10.1. The van der Waals surface area contributed by atoms with Crippen molar-refractivity contribution in [2.75, 3.05) is 20.0 Å². The van der Waals surface area contributed by atoms with Crippen molar-refractivity contribution in [2.24, 2.45) is 0 Å². The molecule has 0 fully saturated rings. The van der Waals surface area contributed by atoms with Gasteiger partial charge in [0.2, 0.25) is 5.91 Å². The van der Waals surface area contributed by atoms with E-state index in [9.17, 15) is 4.79 Å². The quantitative estimate of drug-likeness (QED) is 0.721. The number of ether oxygens (including phenoxy) is 2. The molecule has 0 radical (unpaired) electrons. The summed E-state index contributed by atoms with van der Waals surface area (Å²) in [7, 11) is 3.25. The topological polar surface area (TPSA) is 47.6 Å². The van der Waals surface area contributed by atoms with E-state index >= 15 is 0 Å². The zero-order valence-electron chi connectivity index (χ0n) is 16.3. The van der Waals surface area contributed by atoms with Crippen molar-refractivity contribution in [3.63, 3.8) is 0 Å². The van der Waals surface area contributed by atoms with Crippen molar-refractivity contribution in [1.82, 2.24) is 5.32 Å². The van der Waals surface area contributed by atoms with Crippen molar-refractivity contribution in [1.29, 1.82) is 0 Å². The number of carbonyl (C=O) groups is 1. The second kappa shape index (κ2) is 8.99. The maximum atomic E-state index is 12.4. The molecule has 0 aliphatic rings. The average Bonchev–Trinajstić information content (AvgIpc) is 2.60. The molecule has 2 rings (SSSR count). The van der Waals surface area contributed by atoms with Gasteiger partial charge in [0.05, 0.1) is 26.0 Å². The highest BCUT2D eigenvalue weighted by Gasteiger charge is 2.16. The summed E-state index contributed by atoms with van der Waals surface area (Å²) in [6.07, 6.45) is 0. The molecule has 0 saturated carbocycles. The highest BCUT2D eigenvalue weighted by Crippen LogP contribution is 2.30. The molecule has 0 spiro atoms. The zero-order chi connectivity index (χ0) is 19.3. The summed E-state index contributed by atoms with van der Waals surface area (Å²) in [5.41, 5.74) is 4.56. The van der Waals surface area contributed by atoms with E-state index in [1.807, 2.05) is 25.1 Å². The van der Waals surface area contributed by atoms with Crippen LogP contribution in [0.3, 0.4) is 0 Å². The Morgan fingerprint density at radius 1 is 1.08 bits per heavy atom. The standard InChI is InChI=1S/C21H27NO3S/c1-13-9-14(2)21(15(3)10-13)26-12-20(23)22-16(4)18-11-17(24-5)7-8-19(18)25-6/h7-11,16H,12H2,1-6H3,(H,22,23)/t16-/m1/s1. The maximum absolute atomic E-state index is 12.4. The summed E-state index contributed by atoms with van der Waals surface area (Å²) in [5, 5.41) is 3.05. The van der Waals surface area contributed by atoms with Crippen LogP contribution in [0, 0.1) is 20.8 Å². The van der Waals surface area contributed by atoms with E-state index in [0.29, 0.717) is 5.75 Å². The first-order valence-corrected chi connectivity index (χ1v) is 9.56. The molecule has 0 aliphatic carbocycles. The lowest BCUT2D eigenvalue weighted by Crippen LogP contribution is -2.28. The number of rotatable bonds is 7. The number of hydrogen-bond donors (Lipinski definition) is 1. The molecule has 2 aromatic rings. The molecule has 4 nitrogen and oxygen atoms in total. The molecule has 0 aliphatic heterocycles. The van der Waals surface area contributed by atoms with Crippen LogP contribution in [0.15, 0.2) is 35.2 Å². The lowest BCUT2D eigenvalue weighted by Gasteiger charge is -2.18. The van der Waals surface area contributed by atoms with Gasteiger partial charge < -0.3 is 14.8 Å². The minimum atomic E-state index is -0.173. The predicted molar refractivity (Wildman–Crippen MR) is 107 cm³/mol. The first-order valence-electron chi connectivity index (χ1n) is 8.57. The van der Waals surface area contributed by atoms with Gasteiger partial charge in [0, 0.05) is 10.5 Å². The number of thioether (sulfide) groups is 1. The molecule has 1 amide bonds. The number of aryl methyl sites for hydroxylation is 3. The molecule has 0 aromatic heterocycles. The largest absolute Gasteiger partial charge is 0.497 e. The van der Waals surface area contributed by atoms with Gasteiger partial charge in [-0.25, -0.2) is 0 Å². The lowest BCUT2D eigenvalue weighted by molar-refractivity contribution is -0.119. The SMILES string of the molecule is COc1ccc(OC)c([C@@H](C)NC(=O)CSc2c(C)cc(C)cc2C)c1. The molecular weight excluding hydrogens is 346 g/mol. The maximum Gasteiger partial charge on any atom is 0.230 e. The van der Waals surface area contributed by atoms with E-state index in [2.05, 4.69) is 38.2 Å². The summed E-state index contributed by atoms with van der Waals surface area (Å²) in [6, 6.07) is 9.72. The molecule has 5 heteroatoms. The first-order chi connectivity index (χ1) is 12.3. The van der Waals surface area contributed by atoms with Gasteiger partial charge in [-0.15, -0.1) is 11.8 Å². The molecule has 0 bridgehead atoms. The van der Waals surface area contributed by atoms with Gasteiger partial charge in [-0.3, -0.25) is 4.79 Å². The van der Waals surface area contributed by atoms with Gasteiger partial charge >= 0.3 is 0 Å². The average molecular weight is 374 g/mol. The molecule has 0 saturated heterocycles. The van der Waals surface area contributed by atoms with Gasteiger partial charge in [0.1, 0.15) is 11.5 Å². The van der Waals surface area contributed by atoms with Crippen molar-refractivity contribution in [3.05, 3.63) is 52.6 Å². The molecule has 0 unspecified atom stereocenters. The monoisotopic (exact) mass is 373 g/mol. The second-order valence-electron chi connectivity index (χ2n) is 6.41. The summed E-state index contributed by atoms with van der Waals surface area (Å²) in [6.45, 7) is 8.21. The smallest absolute Gasteiger partial charge is 0.230 e. The molecule has 2 aromatic carbocycles. The highest BCUT2D eigenvalue weighted by molar-refractivity contribution is 8.00. The fourth-order valence-corrected chi connectivity index (χ4v) is 4.00. The Hall–Kier alpha value is -2.14. The highest BCUT2D eigenvalue weighted by atomic mass is 32.2. The fraction of sp³-hybridized carbons (Fsp3) is 0.381. The van der Waals surface area contributed by atoms with E-state index in [1.165, 1.54) is 21.6 Å². The molecule has 1 N–H and O–H groups in total.